The van der Waals surface area contributed by atoms with Gasteiger partial charge in [0.25, 0.3) is 0 Å². The predicted octanol–water partition coefficient (Wildman–Crippen LogP) is 4.86. The molecule has 1 amide bonds. The lowest BCUT2D eigenvalue weighted by molar-refractivity contribution is 0.0566. The molecule has 0 aliphatic heterocycles. The van der Waals surface area contributed by atoms with Crippen molar-refractivity contribution in [3.63, 3.8) is 0 Å². The predicted molar refractivity (Wildman–Crippen MR) is 84.1 cm³/mol. The lowest BCUT2D eigenvalue weighted by Crippen LogP contribution is -2.53. The van der Waals surface area contributed by atoms with E-state index in [-0.39, 0.29) is 11.1 Å². The molecule has 3 nitrogen and oxygen atoms in total. The normalized spacial score (nSPS) is 25.4. The number of carboxylic acid groups (broad SMARTS) is 1. The van der Waals surface area contributed by atoms with Crippen molar-refractivity contribution in [2.75, 3.05) is 0 Å². The molecule has 1 aromatic rings. The summed E-state index contributed by atoms with van der Waals surface area (Å²) < 4.78 is 1.05. The van der Waals surface area contributed by atoms with Crippen LogP contribution in [0.25, 0.3) is 0 Å². The van der Waals surface area contributed by atoms with E-state index in [9.17, 15) is 9.90 Å². The Bertz CT molecular complexity index is 506. The average molecular weight is 340 g/mol. The number of nitrogens with zero attached hydrogens (tertiary/aromatic N) is 1. The van der Waals surface area contributed by atoms with E-state index < -0.39 is 6.09 Å². The molecule has 1 aliphatic carbocycles. The zero-order chi connectivity index (χ0) is 15.1. The molecule has 1 aromatic carbocycles. The van der Waals surface area contributed by atoms with Gasteiger partial charge in [-0.15, -0.1) is 0 Å². The Morgan fingerprint density at radius 3 is 2.35 bits per heavy atom. The zero-order valence-corrected chi connectivity index (χ0v) is 14.1. The summed E-state index contributed by atoms with van der Waals surface area (Å²) in [6, 6.07) is 8.23. The lowest BCUT2D eigenvalue weighted by atomic mass is 9.96. The van der Waals surface area contributed by atoms with Crippen molar-refractivity contribution in [1.29, 1.82) is 0 Å². The highest BCUT2D eigenvalue weighted by atomic mass is 79.9. The van der Waals surface area contributed by atoms with E-state index in [1.54, 1.807) is 4.90 Å². The molecule has 110 valence electrons. The number of carbonyl (C=O) groups is 1. The van der Waals surface area contributed by atoms with Gasteiger partial charge in [0.05, 0.1) is 5.54 Å². The summed E-state index contributed by atoms with van der Waals surface area (Å²) in [5, 5.41) is 9.64. The third-order valence-electron chi connectivity index (χ3n) is 4.24. The topological polar surface area (TPSA) is 40.5 Å². The molecule has 0 radical (unpaired) electrons. The monoisotopic (exact) mass is 339 g/mol. The number of hydrogen-bond donors (Lipinski definition) is 1. The molecule has 0 aromatic heterocycles. The van der Waals surface area contributed by atoms with Crippen molar-refractivity contribution < 1.29 is 9.90 Å². The highest BCUT2D eigenvalue weighted by Crippen LogP contribution is 2.59. The SMILES string of the molecule is CCC1(N(C(=O)O)C(C)(C)C)CC1c1ccc(Br)cc1. The van der Waals surface area contributed by atoms with Crippen LogP contribution in [-0.2, 0) is 0 Å². The summed E-state index contributed by atoms with van der Waals surface area (Å²) in [5.41, 5.74) is 0.592. The van der Waals surface area contributed by atoms with Gasteiger partial charge >= 0.3 is 6.09 Å². The van der Waals surface area contributed by atoms with Crippen LogP contribution in [-0.4, -0.2) is 27.2 Å². The van der Waals surface area contributed by atoms with E-state index in [0.29, 0.717) is 5.92 Å². The molecule has 20 heavy (non-hydrogen) atoms. The number of halogens is 1. The standard InChI is InChI=1S/C16H22BrNO2/c1-5-16(18(14(19)20)15(2,3)4)10-13(16)11-6-8-12(17)9-7-11/h6-9,13H,5,10H2,1-4H3,(H,19,20). The van der Waals surface area contributed by atoms with E-state index in [1.807, 2.05) is 32.9 Å². The van der Waals surface area contributed by atoms with Crippen LogP contribution in [0.1, 0.15) is 52.0 Å². The van der Waals surface area contributed by atoms with Gasteiger partial charge in [-0.1, -0.05) is 35.0 Å². The van der Waals surface area contributed by atoms with Crippen molar-refractivity contribution in [3.05, 3.63) is 34.3 Å². The molecule has 0 heterocycles. The second-order valence-electron chi connectivity index (χ2n) is 6.55. The number of amides is 1. The van der Waals surface area contributed by atoms with Crippen molar-refractivity contribution in [2.24, 2.45) is 0 Å². The van der Waals surface area contributed by atoms with E-state index >= 15 is 0 Å². The summed E-state index contributed by atoms with van der Waals surface area (Å²) in [5.74, 6) is 0.302. The molecule has 0 bridgehead atoms. The third kappa shape index (κ3) is 2.58. The van der Waals surface area contributed by atoms with Gasteiger partial charge in [-0.2, -0.15) is 0 Å². The molecule has 1 fully saturated rings. The fourth-order valence-electron chi connectivity index (χ4n) is 3.36. The molecule has 0 spiro atoms. The maximum atomic E-state index is 11.7. The summed E-state index contributed by atoms with van der Waals surface area (Å²) in [4.78, 5) is 13.4. The van der Waals surface area contributed by atoms with Gasteiger partial charge < -0.3 is 5.11 Å². The Labute approximate surface area is 129 Å². The minimum Gasteiger partial charge on any atom is -0.465 e. The fraction of sp³-hybridized carbons (Fsp3) is 0.562. The first kappa shape index (κ1) is 15.4. The highest BCUT2D eigenvalue weighted by Gasteiger charge is 2.61. The Balaban J connectivity index is 2.33. The van der Waals surface area contributed by atoms with Crippen LogP contribution in [0.3, 0.4) is 0 Å². The van der Waals surface area contributed by atoms with Gasteiger partial charge in [0.2, 0.25) is 0 Å². The van der Waals surface area contributed by atoms with Gasteiger partial charge in [0.15, 0.2) is 0 Å². The number of benzene rings is 1. The molecule has 1 aliphatic rings. The first-order valence-electron chi connectivity index (χ1n) is 7.01. The summed E-state index contributed by atoms with van der Waals surface area (Å²) in [6.07, 6.45) is 0.936. The Kier molecular flexibility index (Phi) is 3.89. The third-order valence-corrected chi connectivity index (χ3v) is 4.77. The maximum absolute atomic E-state index is 11.7. The van der Waals surface area contributed by atoms with Crippen molar-refractivity contribution >= 4 is 22.0 Å². The fourth-order valence-corrected chi connectivity index (χ4v) is 3.62. The quantitative estimate of drug-likeness (QED) is 0.853. The van der Waals surface area contributed by atoms with Crippen LogP contribution < -0.4 is 0 Å². The minimum atomic E-state index is -0.820. The summed E-state index contributed by atoms with van der Waals surface area (Å²) in [6.45, 7) is 7.99. The first-order valence-corrected chi connectivity index (χ1v) is 7.80. The van der Waals surface area contributed by atoms with Gasteiger partial charge in [-0.25, -0.2) is 4.79 Å². The van der Waals surface area contributed by atoms with E-state index in [0.717, 1.165) is 17.3 Å². The van der Waals surface area contributed by atoms with Crippen LogP contribution in [0.4, 0.5) is 4.79 Å². The Morgan fingerprint density at radius 2 is 1.95 bits per heavy atom. The van der Waals surface area contributed by atoms with E-state index in [4.69, 9.17) is 0 Å². The smallest absolute Gasteiger partial charge is 0.408 e. The highest BCUT2D eigenvalue weighted by molar-refractivity contribution is 9.10. The van der Waals surface area contributed by atoms with Crippen LogP contribution >= 0.6 is 15.9 Å². The van der Waals surface area contributed by atoms with Crippen LogP contribution in [0.5, 0.6) is 0 Å². The van der Waals surface area contributed by atoms with Crippen LogP contribution in [0.15, 0.2) is 28.7 Å². The zero-order valence-electron chi connectivity index (χ0n) is 12.5. The first-order chi connectivity index (χ1) is 9.22. The van der Waals surface area contributed by atoms with Gasteiger partial charge in [-0.05, 0) is 51.3 Å². The van der Waals surface area contributed by atoms with Crippen molar-refractivity contribution in [3.8, 4) is 0 Å². The van der Waals surface area contributed by atoms with E-state index in [1.165, 1.54) is 5.56 Å². The summed E-state index contributed by atoms with van der Waals surface area (Å²) in [7, 11) is 0. The molecule has 2 rings (SSSR count). The van der Waals surface area contributed by atoms with Crippen molar-refractivity contribution in [1.82, 2.24) is 4.90 Å². The molecule has 2 unspecified atom stereocenters. The molecule has 4 heteroatoms. The van der Waals surface area contributed by atoms with E-state index in [2.05, 4.69) is 35.0 Å². The van der Waals surface area contributed by atoms with Gasteiger partial charge in [-0.3, -0.25) is 4.90 Å². The Morgan fingerprint density at radius 1 is 1.40 bits per heavy atom. The van der Waals surface area contributed by atoms with Crippen molar-refractivity contribution in [2.45, 2.75) is 57.5 Å². The second kappa shape index (κ2) is 5.06. The summed E-state index contributed by atoms with van der Waals surface area (Å²) >= 11 is 3.44. The molecule has 1 saturated carbocycles. The second-order valence-corrected chi connectivity index (χ2v) is 7.47. The molecule has 2 atom stereocenters. The van der Waals surface area contributed by atoms with Crippen LogP contribution in [0, 0.1) is 0 Å². The van der Waals surface area contributed by atoms with Crippen LogP contribution in [0.2, 0.25) is 0 Å². The molecule has 1 N–H and O–H groups in total. The molecular formula is C16H22BrNO2. The minimum absolute atomic E-state index is 0.252. The van der Waals surface area contributed by atoms with Gasteiger partial charge in [0.1, 0.15) is 0 Å². The Hall–Kier alpha value is -1.03. The van der Waals surface area contributed by atoms with Gasteiger partial charge in [0, 0.05) is 15.9 Å². The number of rotatable bonds is 3. The molecular weight excluding hydrogens is 318 g/mol. The maximum Gasteiger partial charge on any atom is 0.408 e. The lowest BCUT2D eigenvalue weighted by Gasteiger charge is -2.41. The average Bonchev–Trinajstić information content (AvgIpc) is 3.03. The largest absolute Gasteiger partial charge is 0.465 e. The molecule has 0 saturated heterocycles. The number of hydrogen-bond acceptors (Lipinski definition) is 1.